The molecule has 18 heavy (non-hydrogen) atoms. The first-order valence-electron chi connectivity index (χ1n) is 7.00. The van der Waals surface area contributed by atoms with E-state index < -0.39 is 0 Å². The van der Waals surface area contributed by atoms with E-state index in [1.165, 1.54) is 6.42 Å². The van der Waals surface area contributed by atoms with Crippen molar-refractivity contribution in [2.45, 2.75) is 52.6 Å². The number of aliphatic hydroxyl groups excluding tert-OH is 1. The zero-order chi connectivity index (χ0) is 13.2. The van der Waals surface area contributed by atoms with Gasteiger partial charge < -0.3 is 10.4 Å². The molecule has 5 heteroatoms. The van der Waals surface area contributed by atoms with Gasteiger partial charge >= 0.3 is 0 Å². The molecule has 1 rings (SSSR count). The topological polar surface area (TPSA) is 63.0 Å². The van der Waals surface area contributed by atoms with Crippen LogP contribution in [0.25, 0.3) is 0 Å². The van der Waals surface area contributed by atoms with Crippen LogP contribution in [0, 0.1) is 5.92 Å². The van der Waals surface area contributed by atoms with Gasteiger partial charge in [-0.3, -0.25) is 0 Å². The third-order valence-electron chi connectivity index (χ3n) is 3.08. The van der Waals surface area contributed by atoms with Crippen LogP contribution in [0.15, 0.2) is 6.33 Å². The number of nitrogens with zero attached hydrogens (tertiary/aromatic N) is 3. The molecule has 104 valence electrons. The normalized spacial score (nSPS) is 12.8. The van der Waals surface area contributed by atoms with Gasteiger partial charge in [0.2, 0.25) is 0 Å². The SMILES string of the molecule is CCCC(CCO)CNCc1ncnn1CCC. The second-order valence-corrected chi connectivity index (χ2v) is 4.70. The van der Waals surface area contributed by atoms with Crippen LogP contribution >= 0.6 is 0 Å². The molecule has 2 N–H and O–H groups in total. The number of hydrogen-bond donors (Lipinski definition) is 2. The standard InChI is InChI=1S/C13H26N4O/c1-3-5-12(6-8-18)9-14-10-13-15-11-16-17(13)7-4-2/h11-12,14,18H,3-10H2,1-2H3. The molecule has 0 radical (unpaired) electrons. The van der Waals surface area contributed by atoms with Gasteiger partial charge in [0.25, 0.3) is 0 Å². The highest BCUT2D eigenvalue weighted by Crippen LogP contribution is 2.09. The second kappa shape index (κ2) is 9.05. The molecule has 0 bridgehead atoms. The van der Waals surface area contributed by atoms with E-state index in [-0.39, 0.29) is 6.61 Å². The molecule has 1 aromatic heterocycles. The summed E-state index contributed by atoms with van der Waals surface area (Å²) < 4.78 is 1.95. The minimum atomic E-state index is 0.276. The predicted molar refractivity (Wildman–Crippen MR) is 72.1 cm³/mol. The Morgan fingerprint density at radius 2 is 2.17 bits per heavy atom. The fourth-order valence-corrected chi connectivity index (χ4v) is 2.15. The van der Waals surface area contributed by atoms with Crippen LogP contribution < -0.4 is 5.32 Å². The van der Waals surface area contributed by atoms with E-state index in [4.69, 9.17) is 5.11 Å². The minimum absolute atomic E-state index is 0.276. The van der Waals surface area contributed by atoms with Gasteiger partial charge in [0.05, 0.1) is 6.54 Å². The van der Waals surface area contributed by atoms with Crippen LogP contribution in [-0.4, -0.2) is 33.0 Å². The Morgan fingerprint density at radius 3 is 2.83 bits per heavy atom. The number of aliphatic hydroxyl groups is 1. The fourth-order valence-electron chi connectivity index (χ4n) is 2.15. The summed E-state index contributed by atoms with van der Waals surface area (Å²) in [7, 11) is 0. The first-order valence-corrected chi connectivity index (χ1v) is 7.00. The summed E-state index contributed by atoms with van der Waals surface area (Å²) in [6, 6.07) is 0. The number of aryl methyl sites for hydroxylation is 1. The van der Waals surface area contributed by atoms with E-state index in [0.717, 1.165) is 44.7 Å². The number of nitrogens with one attached hydrogen (secondary N) is 1. The maximum absolute atomic E-state index is 9.01. The third kappa shape index (κ3) is 5.14. The smallest absolute Gasteiger partial charge is 0.140 e. The third-order valence-corrected chi connectivity index (χ3v) is 3.08. The van der Waals surface area contributed by atoms with Crippen LogP contribution in [0.5, 0.6) is 0 Å². The maximum Gasteiger partial charge on any atom is 0.140 e. The average molecular weight is 254 g/mol. The van der Waals surface area contributed by atoms with Crippen molar-refractivity contribution in [3.05, 3.63) is 12.2 Å². The van der Waals surface area contributed by atoms with E-state index in [9.17, 15) is 0 Å². The Morgan fingerprint density at radius 1 is 1.33 bits per heavy atom. The van der Waals surface area contributed by atoms with E-state index in [1.807, 2.05) is 4.68 Å². The summed E-state index contributed by atoms with van der Waals surface area (Å²) in [5, 5.41) is 16.6. The molecular formula is C13H26N4O. The summed E-state index contributed by atoms with van der Waals surface area (Å²) in [4.78, 5) is 4.26. The van der Waals surface area contributed by atoms with Crippen LogP contribution in [0.3, 0.4) is 0 Å². The molecule has 1 aromatic rings. The molecule has 0 fully saturated rings. The lowest BCUT2D eigenvalue weighted by Gasteiger charge is -2.15. The van der Waals surface area contributed by atoms with Gasteiger partial charge in [-0.25, -0.2) is 9.67 Å². The van der Waals surface area contributed by atoms with Crippen LogP contribution in [0.4, 0.5) is 0 Å². The summed E-state index contributed by atoms with van der Waals surface area (Å²) in [5.74, 6) is 1.55. The van der Waals surface area contributed by atoms with E-state index >= 15 is 0 Å². The molecular weight excluding hydrogens is 228 g/mol. The second-order valence-electron chi connectivity index (χ2n) is 4.70. The number of rotatable bonds is 10. The van der Waals surface area contributed by atoms with Crippen molar-refractivity contribution in [3.63, 3.8) is 0 Å². The molecule has 0 aliphatic carbocycles. The molecule has 0 spiro atoms. The Bertz CT molecular complexity index is 308. The summed E-state index contributed by atoms with van der Waals surface area (Å²) >= 11 is 0. The number of aromatic nitrogens is 3. The maximum atomic E-state index is 9.01. The van der Waals surface area contributed by atoms with Crippen molar-refractivity contribution in [2.24, 2.45) is 5.92 Å². The highest BCUT2D eigenvalue weighted by Gasteiger charge is 2.08. The van der Waals surface area contributed by atoms with Crippen molar-refractivity contribution < 1.29 is 5.11 Å². The summed E-state index contributed by atoms with van der Waals surface area (Å²) in [6.07, 6.45) is 5.89. The molecule has 1 heterocycles. The molecule has 0 aromatic carbocycles. The van der Waals surface area contributed by atoms with Crippen LogP contribution in [-0.2, 0) is 13.1 Å². The molecule has 0 aliphatic rings. The van der Waals surface area contributed by atoms with E-state index in [0.29, 0.717) is 5.92 Å². The highest BCUT2D eigenvalue weighted by atomic mass is 16.3. The molecule has 1 unspecified atom stereocenters. The zero-order valence-electron chi connectivity index (χ0n) is 11.6. The first kappa shape index (κ1) is 15.1. The highest BCUT2D eigenvalue weighted by molar-refractivity contribution is 4.83. The molecule has 1 atom stereocenters. The van der Waals surface area contributed by atoms with Crippen molar-refractivity contribution in [1.82, 2.24) is 20.1 Å². The first-order chi connectivity index (χ1) is 8.81. The van der Waals surface area contributed by atoms with Gasteiger partial charge in [0.15, 0.2) is 0 Å². The van der Waals surface area contributed by atoms with Crippen molar-refractivity contribution >= 4 is 0 Å². The van der Waals surface area contributed by atoms with Crippen molar-refractivity contribution in [1.29, 1.82) is 0 Å². The molecule has 0 saturated carbocycles. The Kier molecular flexibility index (Phi) is 7.60. The number of hydrogen-bond acceptors (Lipinski definition) is 4. The Balaban J connectivity index is 2.32. The molecule has 0 aliphatic heterocycles. The summed E-state index contributed by atoms with van der Waals surface area (Å²) in [5.41, 5.74) is 0. The van der Waals surface area contributed by atoms with Gasteiger partial charge in [0.1, 0.15) is 12.2 Å². The quantitative estimate of drug-likeness (QED) is 0.665. The minimum Gasteiger partial charge on any atom is -0.396 e. The molecule has 0 saturated heterocycles. The lowest BCUT2D eigenvalue weighted by molar-refractivity contribution is 0.247. The van der Waals surface area contributed by atoms with Gasteiger partial charge in [-0.2, -0.15) is 5.10 Å². The lowest BCUT2D eigenvalue weighted by atomic mass is 10.0. The van der Waals surface area contributed by atoms with Gasteiger partial charge in [0, 0.05) is 13.2 Å². The predicted octanol–water partition coefficient (Wildman–Crippen LogP) is 1.58. The van der Waals surface area contributed by atoms with E-state index in [2.05, 4.69) is 29.2 Å². The lowest BCUT2D eigenvalue weighted by Crippen LogP contribution is -2.25. The average Bonchev–Trinajstić information content (AvgIpc) is 2.78. The van der Waals surface area contributed by atoms with Gasteiger partial charge in [-0.15, -0.1) is 0 Å². The Hall–Kier alpha value is -0.940. The molecule has 5 nitrogen and oxygen atoms in total. The monoisotopic (exact) mass is 254 g/mol. The fraction of sp³-hybridized carbons (Fsp3) is 0.846. The van der Waals surface area contributed by atoms with Crippen molar-refractivity contribution in [2.75, 3.05) is 13.2 Å². The van der Waals surface area contributed by atoms with Crippen molar-refractivity contribution in [3.8, 4) is 0 Å². The van der Waals surface area contributed by atoms with Crippen LogP contribution in [0.1, 0.15) is 45.4 Å². The van der Waals surface area contributed by atoms with Crippen LogP contribution in [0.2, 0.25) is 0 Å². The molecule has 0 amide bonds. The Labute approximate surface area is 110 Å². The summed E-state index contributed by atoms with van der Waals surface area (Å²) in [6.45, 7) is 7.21. The van der Waals surface area contributed by atoms with E-state index in [1.54, 1.807) is 6.33 Å². The largest absolute Gasteiger partial charge is 0.396 e. The zero-order valence-corrected chi connectivity index (χ0v) is 11.6. The van der Waals surface area contributed by atoms with Gasteiger partial charge in [-0.05, 0) is 31.7 Å². The van der Waals surface area contributed by atoms with Gasteiger partial charge in [-0.1, -0.05) is 20.3 Å².